The highest BCUT2D eigenvalue weighted by atomic mass is 16.5. The molecule has 0 bridgehead atoms. The minimum atomic E-state index is -0.365. The average Bonchev–Trinajstić information content (AvgIpc) is 3.23. The molecule has 0 fully saturated rings. The molecule has 0 radical (unpaired) electrons. The summed E-state index contributed by atoms with van der Waals surface area (Å²) >= 11 is 0. The van der Waals surface area contributed by atoms with Gasteiger partial charge in [-0.1, -0.05) is 66.7 Å². The van der Waals surface area contributed by atoms with Gasteiger partial charge in [0.25, 0.3) is 0 Å². The van der Waals surface area contributed by atoms with E-state index in [-0.39, 0.29) is 5.97 Å². The van der Waals surface area contributed by atoms with Gasteiger partial charge >= 0.3 is 5.97 Å². The van der Waals surface area contributed by atoms with Gasteiger partial charge in [-0.05, 0) is 47.9 Å². The molecule has 0 unspecified atom stereocenters. The van der Waals surface area contributed by atoms with E-state index in [2.05, 4.69) is 88.7 Å². The highest BCUT2D eigenvalue weighted by molar-refractivity contribution is 6.19. The zero-order valence-electron chi connectivity index (χ0n) is 18.7. The summed E-state index contributed by atoms with van der Waals surface area (Å²) in [5, 5.41) is 8.17. The summed E-state index contributed by atoms with van der Waals surface area (Å²) in [5.74, 6) is -0.365. The topological polar surface area (TPSA) is 43.3 Å². The Kier molecular flexibility index (Phi) is 4.77. The fourth-order valence-electron chi connectivity index (χ4n) is 4.74. The second kappa shape index (κ2) is 8.09. The summed E-state index contributed by atoms with van der Waals surface area (Å²) in [6, 6.07) is 37.1. The summed E-state index contributed by atoms with van der Waals surface area (Å²) in [6.45, 7) is 0. The van der Waals surface area contributed by atoms with Gasteiger partial charge in [0.1, 0.15) is 0 Å². The average molecular weight is 443 g/mol. The molecular weight excluding hydrogens is 420 g/mol. The Morgan fingerprint density at radius 2 is 1.50 bits per heavy atom. The molecule has 6 aromatic rings. The largest absolute Gasteiger partial charge is 0.465 e. The molecule has 0 aliphatic rings. The maximum atomic E-state index is 12.2. The van der Waals surface area contributed by atoms with E-state index in [1.165, 1.54) is 28.8 Å². The van der Waals surface area contributed by atoms with Crippen LogP contribution in [0.3, 0.4) is 0 Å². The summed E-state index contributed by atoms with van der Waals surface area (Å²) < 4.78 is 7.29. The maximum Gasteiger partial charge on any atom is 0.339 e. The van der Waals surface area contributed by atoms with Crippen LogP contribution >= 0.6 is 0 Å². The molecule has 0 amide bonds. The van der Waals surface area contributed by atoms with Crippen LogP contribution in [0.5, 0.6) is 0 Å². The Morgan fingerprint density at radius 1 is 0.735 bits per heavy atom. The van der Waals surface area contributed by atoms with E-state index in [1.807, 2.05) is 24.3 Å². The lowest BCUT2D eigenvalue weighted by Crippen LogP contribution is -2.05. The quantitative estimate of drug-likeness (QED) is 0.288. The summed E-state index contributed by atoms with van der Waals surface area (Å²) in [7, 11) is 1.40. The number of ether oxygens (including phenoxy) is 1. The second-order valence-corrected chi connectivity index (χ2v) is 8.25. The third-order valence-electron chi connectivity index (χ3n) is 6.28. The van der Waals surface area contributed by atoms with E-state index in [4.69, 9.17) is 4.74 Å². The summed E-state index contributed by atoms with van der Waals surface area (Å²) in [4.78, 5) is 12.2. The maximum absolute atomic E-state index is 12.2. The molecule has 4 heteroatoms. The van der Waals surface area contributed by atoms with Gasteiger partial charge in [-0.15, -0.1) is 0 Å². The van der Waals surface area contributed by atoms with Gasteiger partial charge in [-0.2, -0.15) is 0 Å². The number of rotatable bonds is 4. The zero-order valence-corrected chi connectivity index (χ0v) is 18.7. The number of carbonyl (C=O) groups excluding carboxylic acids is 1. The molecular formula is C30H22N2O2. The van der Waals surface area contributed by atoms with Crippen molar-refractivity contribution in [2.24, 2.45) is 0 Å². The molecule has 1 heterocycles. The van der Waals surface area contributed by atoms with Crippen LogP contribution in [0, 0.1) is 0 Å². The third kappa shape index (κ3) is 3.20. The zero-order chi connectivity index (χ0) is 23.1. The highest BCUT2D eigenvalue weighted by Gasteiger charge is 2.16. The monoisotopic (exact) mass is 442 g/mol. The van der Waals surface area contributed by atoms with E-state index < -0.39 is 0 Å². The molecule has 6 rings (SSSR count). The van der Waals surface area contributed by atoms with Crippen molar-refractivity contribution in [2.75, 3.05) is 12.4 Å². The summed E-state index contributed by atoms with van der Waals surface area (Å²) in [5.41, 5.74) is 5.56. The first-order valence-corrected chi connectivity index (χ1v) is 11.2. The van der Waals surface area contributed by atoms with Crippen LogP contribution in [0.4, 0.5) is 11.4 Å². The number of hydrogen-bond donors (Lipinski definition) is 1. The molecule has 5 aromatic carbocycles. The van der Waals surface area contributed by atoms with Crippen LogP contribution in [-0.2, 0) is 4.74 Å². The molecule has 34 heavy (non-hydrogen) atoms. The second-order valence-electron chi connectivity index (χ2n) is 8.25. The van der Waals surface area contributed by atoms with Crippen molar-refractivity contribution < 1.29 is 9.53 Å². The van der Waals surface area contributed by atoms with Gasteiger partial charge in [0.15, 0.2) is 0 Å². The van der Waals surface area contributed by atoms with Crippen LogP contribution in [0.2, 0.25) is 0 Å². The number of methoxy groups -OCH3 is 1. The fraction of sp³-hybridized carbons (Fsp3) is 0.0333. The molecule has 4 nitrogen and oxygen atoms in total. The molecule has 0 spiro atoms. The van der Waals surface area contributed by atoms with E-state index in [1.54, 1.807) is 6.07 Å². The SMILES string of the molecule is COC(=O)c1ccccc1Nc1ccc2c(c1)c1ccc3ccccc3c1n2-c1ccccc1. The summed E-state index contributed by atoms with van der Waals surface area (Å²) in [6.07, 6.45) is 0. The fourth-order valence-corrected chi connectivity index (χ4v) is 4.74. The molecule has 0 aliphatic carbocycles. The van der Waals surface area contributed by atoms with Crippen molar-refractivity contribution in [3.63, 3.8) is 0 Å². The predicted octanol–water partition coefficient (Wildman–Crippen LogP) is 7.47. The Hall–Kier alpha value is -4.57. The first kappa shape index (κ1) is 20.1. The third-order valence-corrected chi connectivity index (χ3v) is 6.28. The number of fused-ring (bicyclic) bond motifs is 5. The standard InChI is InChI=1S/C30H22N2O2/c1-34-30(33)25-13-7-8-14-27(25)31-21-16-18-28-26(19-21)24-17-15-20-9-5-6-12-23(20)29(24)32(28)22-10-3-2-4-11-22/h2-19,31H,1H3. The van der Waals surface area contributed by atoms with Crippen LogP contribution in [-0.4, -0.2) is 17.6 Å². The molecule has 0 saturated heterocycles. The van der Waals surface area contributed by atoms with Crippen molar-refractivity contribution in [3.8, 4) is 5.69 Å². The van der Waals surface area contributed by atoms with Crippen molar-refractivity contribution in [3.05, 3.63) is 115 Å². The molecule has 0 saturated carbocycles. The van der Waals surface area contributed by atoms with Gasteiger partial charge < -0.3 is 14.6 Å². The highest BCUT2D eigenvalue weighted by Crippen LogP contribution is 2.38. The van der Waals surface area contributed by atoms with Crippen molar-refractivity contribution >= 4 is 49.9 Å². The first-order valence-electron chi connectivity index (χ1n) is 11.2. The van der Waals surface area contributed by atoms with Crippen LogP contribution in [0.1, 0.15) is 10.4 Å². The van der Waals surface area contributed by atoms with E-state index in [0.29, 0.717) is 11.3 Å². The number of para-hydroxylation sites is 2. The lowest BCUT2D eigenvalue weighted by molar-refractivity contribution is 0.0602. The minimum absolute atomic E-state index is 0.365. The Balaban J connectivity index is 1.60. The molecule has 1 N–H and O–H groups in total. The Labute approximate surface area is 197 Å². The Bertz CT molecular complexity index is 1680. The number of hydrogen-bond acceptors (Lipinski definition) is 3. The minimum Gasteiger partial charge on any atom is -0.465 e. The van der Waals surface area contributed by atoms with Gasteiger partial charge in [-0.3, -0.25) is 0 Å². The molecule has 164 valence electrons. The number of nitrogens with one attached hydrogen (secondary N) is 1. The van der Waals surface area contributed by atoms with Crippen LogP contribution in [0.25, 0.3) is 38.3 Å². The molecule has 0 aliphatic heterocycles. The number of aromatic nitrogens is 1. The van der Waals surface area contributed by atoms with Gasteiger partial charge in [0.2, 0.25) is 0 Å². The van der Waals surface area contributed by atoms with E-state index in [9.17, 15) is 4.79 Å². The van der Waals surface area contributed by atoms with Crippen LogP contribution < -0.4 is 5.32 Å². The predicted molar refractivity (Wildman–Crippen MR) is 139 cm³/mol. The lowest BCUT2D eigenvalue weighted by atomic mass is 10.1. The van der Waals surface area contributed by atoms with E-state index in [0.717, 1.165) is 22.3 Å². The smallest absolute Gasteiger partial charge is 0.339 e. The molecule has 1 aromatic heterocycles. The van der Waals surface area contributed by atoms with Gasteiger partial charge in [0.05, 0.1) is 29.4 Å². The number of carbonyl (C=O) groups is 1. The molecule has 0 atom stereocenters. The normalized spacial score (nSPS) is 11.2. The van der Waals surface area contributed by atoms with Crippen molar-refractivity contribution in [2.45, 2.75) is 0 Å². The van der Waals surface area contributed by atoms with Crippen molar-refractivity contribution in [1.82, 2.24) is 4.57 Å². The number of nitrogens with zero attached hydrogens (tertiary/aromatic N) is 1. The van der Waals surface area contributed by atoms with Gasteiger partial charge in [0, 0.05) is 27.5 Å². The number of benzene rings is 5. The lowest BCUT2D eigenvalue weighted by Gasteiger charge is -2.12. The number of anilines is 2. The van der Waals surface area contributed by atoms with Crippen LogP contribution in [0.15, 0.2) is 109 Å². The Morgan fingerprint density at radius 3 is 2.35 bits per heavy atom. The number of esters is 1. The van der Waals surface area contributed by atoms with Gasteiger partial charge in [-0.25, -0.2) is 4.79 Å². The van der Waals surface area contributed by atoms with Crippen molar-refractivity contribution in [1.29, 1.82) is 0 Å². The van der Waals surface area contributed by atoms with E-state index >= 15 is 0 Å². The first-order chi connectivity index (χ1) is 16.7.